The first-order chi connectivity index (χ1) is 10.4. The molecule has 2 unspecified atom stereocenters. The number of rotatable bonds is 6. The second-order valence-electron chi connectivity index (χ2n) is 6.45. The van der Waals surface area contributed by atoms with Crippen molar-refractivity contribution in [3.8, 4) is 0 Å². The largest absolute Gasteiger partial charge is 0.371 e. The molecule has 3 N–H and O–H groups in total. The van der Waals surface area contributed by atoms with Gasteiger partial charge in [0.05, 0.1) is 5.54 Å². The third-order valence-corrected chi connectivity index (χ3v) is 4.32. The van der Waals surface area contributed by atoms with Gasteiger partial charge in [-0.3, -0.25) is 4.79 Å². The summed E-state index contributed by atoms with van der Waals surface area (Å²) in [6.45, 7) is 6.26. The lowest BCUT2D eigenvalue weighted by molar-refractivity contribution is -0.126. The molecule has 0 bridgehead atoms. The first-order valence-corrected chi connectivity index (χ1v) is 8.00. The summed E-state index contributed by atoms with van der Waals surface area (Å²) in [6, 6.07) is 6.56. The number of benzene rings is 1. The minimum Gasteiger partial charge on any atom is -0.371 e. The van der Waals surface area contributed by atoms with Crippen LogP contribution < -0.4 is 16.0 Å². The zero-order chi connectivity index (χ0) is 16.2. The molecule has 1 aliphatic rings. The number of carbonyl (C=O) groups excluding carboxylic acids is 1. The third kappa shape index (κ3) is 4.19. The van der Waals surface area contributed by atoms with Gasteiger partial charge in [0.25, 0.3) is 0 Å². The van der Waals surface area contributed by atoms with Crippen LogP contribution in [0.5, 0.6) is 0 Å². The highest BCUT2D eigenvalue weighted by Crippen LogP contribution is 2.23. The van der Waals surface area contributed by atoms with Crippen molar-refractivity contribution in [2.24, 2.45) is 11.7 Å². The molecule has 2 atom stereocenters. The summed E-state index contributed by atoms with van der Waals surface area (Å²) < 4.78 is 13.0. The van der Waals surface area contributed by atoms with Gasteiger partial charge in [-0.1, -0.05) is 13.3 Å². The molecule has 1 heterocycles. The van der Waals surface area contributed by atoms with Gasteiger partial charge in [0.1, 0.15) is 5.82 Å². The fourth-order valence-electron chi connectivity index (χ4n) is 2.96. The van der Waals surface area contributed by atoms with Crippen LogP contribution in [0.1, 0.15) is 33.1 Å². The Morgan fingerprint density at radius 2 is 2.14 bits per heavy atom. The maximum absolute atomic E-state index is 13.0. The predicted octanol–water partition coefficient (Wildman–Crippen LogP) is 2.29. The van der Waals surface area contributed by atoms with E-state index in [9.17, 15) is 9.18 Å². The van der Waals surface area contributed by atoms with E-state index in [0.29, 0.717) is 18.9 Å². The van der Waals surface area contributed by atoms with Crippen LogP contribution in [0.4, 0.5) is 10.1 Å². The Balaban J connectivity index is 1.81. The van der Waals surface area contributed by atoms with Gasteiger partial charge < -0.3 is 16.0 Å². The summed E-state index contributed by atoms with van der Waals surface area (Å²) in [6.07, 6.45) is 2.60. The van der Waals surface area contributed by atoms with Crippen molar-refractivity contribution in [1.29, 1.82) is 0 Å². The lowest BCUT2D eigenvalue weighted by Gasteiger charge is -2.24. The number of nitrogens with zero attached hydrogens (tertiary/aromatic N) is 1. The fraction of sp³-hybridized carbons (Fsp3) is 0.588. The highest BCUT2D eigenvalue weighted by atomic mass is 19.1. The van der Waals surface area contributed by atoms with Crippen LogP contribution in [0.2, 0.25) is 0 Å². The average molecular weight is 307 g/mol. The molecule has 1 amide bonds. The Labute approximate surface area is 131 Å². The highest BCUT2D eigenvalue weighted by molar-refractivity contribution is 5.85. The van der Waals surface area contributed by atoms with Crippen LogP contribution >= 0.6 is 0 Å². The molecule has 22 heavy (non-hydrogen) atoms. The number of hydrogen-bond acceptors (Lipinski definition) is 3. The monoisotopic (exact) mass is 307 g/mol. The Bertz CT molecular complexity index is 501. The second kappa shape index (κ2) is 7.09. The maximum atomic E-state index is 13.0. The number of hydrogen-bond donors (Lipinski definition) is 2. The average Bonchev–Trinajstić information content (AvgIpc) is 2.94. The Morgan fingerprint density at radius 3 is 2.77 bits per heavy atom. The van der Waals surface area contributed by atoms with Crippen molar-refractivity contribution in [3.05, 3.63) is 30.1 Å². The molecule has 5 heteroatoms. The summed E-state index contributed by atoms with van der Waals surface area (Å²) in [5.41, 5.74) is 6.27. The van der Waals surface area contributed by atoms with Crippen LogP contribution in [-0.2, 0) is 4.79 Å². The van der Waals surface area contributed by atoms with E-state index in [4.69, 9.17) is 5.73 Å². The fourth-order valence-corrected chi connectivity index (χ4v) is 2.96. The number of halogens is 1. The van der Waals surface area contributed by atoms with Crippen molar-refractivity contribution >= 4 is 11.6 Å². The van der Waals surface area contributed by atoms with E-state index in [2.05, 4.69) is 10.2 Å². The SMILES string of the molecule is CCCC(C)(N)C(=O)NCC1CCN(c2ccc(F)cc2)C1. The molecule has 0 aromatic heterocycles. The number of amides is 1. The molecule has 0 radical (unpaired) electrons. The lowest BCUT2D eigenvalue weighted by Crippen LogP contribution is -2.52. The molecule has 4 nitrogen and oxygen atoms in total. The van der Waals surface area contributed by atoms with E-state index in [1.165, 1.54) is 12.1 Å². The van der Waals surface area contributed by atoms with Gasteiger partial charge in [-0.15, -0.1) is 0 Å². The number of nitrogens with two attached hydrogens (primary N) is 1. The van der Waals surface area contributed by atoms with Gasteiger partial charge in [-0.05, 0) is 49.9 Å². The van der Waals surface area contributed by atoms with Crippen molar-refractivity contribution in [1.82, 2.24) is 5.32 Å². The summed E-state index contributed by atoms with van der Waals surface area (Å²) in [5, 5.41) is 2.98. The summed E-state index contributed by atoms with van der Waals surface area (Å²) in [7, 11) is 0. The maximum Gasteiger partial charge on any atom is 0.239 e. The van der Waals surface area contributed by atoms with Crippen LogP contribution in [0.25, 0.3) is 0 Å². The predicted molar refractivity (Wildman–Crippen MR) is 87.2 cm³/mol. The molecule has 1 aliphatic heterocycles. The second-order valence-corrected chi connectivity index (χ2v) is 6.45. The smallest absolute Gasteiger partial charge is 0.239 e. The van der Waals surface area contributed by atoms with E-state index < -0.39 is 5.54 Å². The van der Waals surface area contributed by atoms with E-state index in [1.54, 1.807) is 19.1 Å². The van der Waals surface area contributed by atoms with E-state index in [1.807, 2.05) is 6.92 Å². The topological polar surface area (TPSA) is 58.4 Å². The third-order valence-electron chi connectivity index (χ3n) is 4.32. The molecule has 1 fully saturated rings. The van der Waals surface area contributed by atoms with Gasteiger partial charge in [0.2, 0.25) is 5.91 Å². The summed E-state index contributed by atoms with van der Waals surface area (Å²) >= 11 is 0. The molecule has 122 valence electrons. The summed E-state index contributed by atoms with van der Waals surface area (Å²) in [4.78, 5) is 14.3. The standard InChI is InChI=1S/C17H26FN3O/c1-3-9-17(2,19)16(22)20-11-13-8-10-21(12-13)15-6-4-14(18)5-7-15/h4-7,13H,3,8-12,19H2,1-2H3,(H,20,22). The minimum atomic E-state index is -0.788. The van der Waals surface area contributed by atoms with Gasteiger partial charge in [-0.2, -0.15) is 0 Å². The van der Waals surface area contributed by atoms with Gasteiger partial charge in [0, 0.05) is 25.3 Å². The number of carbonyl (C=O) groups is 1. The zero-order valence-corrected chi connectivity index (χ0v) is 13.4. The van der Waals surface area contributed by atoms with Gasteiger partial charge >= 0.3 is 0 Å². The molecule has 1 aromatic rings. The summed E-state index contributed by atoms with van der Waals surface area (Å²) in [5.74, 6) is 0.117. The number of nitrogens with one attached hydrogen (secondary N) is 1. The normalized spacial score (nSPS) is 20.7. The lowest BCUT2D eigenvalue weighted by atomic mass is 9.96. The van der Waals surface area contributed by atoms with E-state index in [0.717, 1.165) is 31.6 Å². The molecule has 0 aliphatic carbocycles. The van der Waals surface area contributed by atoms with Crippen molar-refractivity contribution < 1.29 is 9.18 Å². The van der Waals surface area contributed by atoms with Crippen molar-refractivity contribution in [2.75, 3.05) is 24.5 Å². The molecular formula is C17H26FN3O. The van der Waals surface area contributed by atoms with Crippen LogP contribution in [0, 0.1) is 11.7 Å². The zero-order valence-electron chi connectivity index (χ0n) is 13.4. The van der Waals surface area contributed by atoms with Gasteiger partial charge in [-0.25, -0.2) is 4.39 Å². The molecule has 0 spiro atoms. The molecule has 1 saturated heterocycles. The first-order valence-electron chi connectivity index (χ1n) is 8.00. The molecule has 0 saturated carbocycles. The molecule has 2 rings (SSSR count). The van der Waals surface area contributed by atoms with Crippen molar-refractivity contribution in [2.45, 2.75) is 38.6 Å². The van der Waals surface area contributed by atoms with Crippen LogP contribution in [-0.4, -0.2) is 31.1 Å². The van der Waals surface area contributed by atoms with E-state index >= 15 is 0 Å². The Hall–Kier alpha value is -1.62. The molecular weight excluding hydrogens is 281 g/mol. The van der Waals surface area contributed by atoms with Crippen LogP contribution in [0.15, 0.2) is 24.3 Å². The minimum absolute atomic E-state index is 0.0745. The Kier molecular flexibility index (Phi) is 5.40. The van der Waals surface area contributed by atoms with Crippen molar-refractivity contribution in [3.63, 3.8) is 0 Å². The Morgan fingerprint density at radius 1 is 1.45 bits per heavy atom. The number of anilines is 1. The molecule has 1 aromatic carbocycles. The van der Waals surface area contributed by atoms with Crippen LogP contribution in [0.3, 0.4) is 0 Å². The van der Waals surface area contributed by atoms with E-state index in [-0.39, 0.29) is 11.7 Å². The quantitative estimate of drug-likeness (QED) is 0.848. The first kappa shape index (κ1) is 16.7. The van der Waals surface area contributed by atoms with Gasteiger partial charge in [0.15, 0.2) is 0 Å². The highest BCUT2D eigenvalue weighted by Gasteiger charge is 2.29.